The maximum atomic E-state index is 11.9. The summed E-state index contributed by atoms with van der Waals surface area (Å²) in [5.41, 5.74) is 9.68. The van der Waals surface area contributed by atoms with Crippen molar-refractivity contribution in [2.24, 2.45) is 10.8 Å². The molecule has 7 nitrogen and oxygen atoms in total. The number of nitrogens with zero attached hydrogens (tertiary/aromatic N) is 1. The molecule has 126 valence electrons. The van der Waals surface area contributed by atoms with Gasteiger partial charge in [0.1, 0.15) is 5.75 Å². The van der Waals surface area contributed by atoms with Gasteiger partial charge in [-0.25, -0.2) is 5.43 Å². The number of phenolic OH excluding ortho intramolecular Hbond substituents is 2. The van der Waals surface area contributed by atoms with Gasteiger partial charge in [0.2, 0.25) is 0 Å². The molecule has 2 aromatic rings. The highest BCUT2D eigenvalue weighted by molar-refractivity contribution is 5.85. The minimum Gasteiger partial charge on any atom is -0.508 e. The van der Waals surface area contributed by atoms with E-state index in [0.717, 1.165) is 5.56 Å². The minimum atomic E-state index is -0.763. The molecule has 7 heteroatoms. The van der Waals surface area contributed by atoms with Crippen molar-refractivity contribution in [1.82, 2.24) is 5.43 Å². The lowest BCUT2D eigenvalue weighted by atomic mass is 10.1. The number of hydrogen-bond donors (Lipinski definition) is 4. The van der Waals surface area contributed by atoms with Crippen molar-refractivity contribution >= 4 is 12.1 Å². The van der Waals surface area contributed by atoms with Gasteiger partial charge in [-0.05, 0) is 47.9 Å². The van der Waals surface area contributed by atoms with E-state index in [2.05, 4.69) is 10.5 Å². The number of carbonyl (C=O) groups excluding carboxylic acids is 1. The van der Waals surface area contributed by atoms with Crippen molar-refractivity contribution in [2.75, 3.05) is 7.11 Å². The lowest BCUT2D eigenvalue weighted by Gasteiger charge is -2.09. The largest absolute Gasteiger partial charge is 0.508 e. The van der Waals surface area contributed by atoms with E-state index in [0.29, 0.717) is 17.7 Å². The van der Waals surface area contributed by atoms with Crippen LogP contribution >= 0.6 is 0 Å². The Morgan fingerprint density at radius 3 is 2.67 bits per heavy atom. The van der Waals surface area contributed by atoms with Gasteiger partial charge in [-0.3, -0.25) is 4.79 Å². The van der Waals surface area contributed by atoms with Gasteiger partial charge in [-0.2, -0.15) is 5.10 Å². The molecule has 0 aliphatic rings. The summed E-state index contributed by atoms with van der Waals surface area (Å²) in [5.74, 6) is 0.0691. The van der Waals surface area contributed by atoms with Crippen LogP contribution in [0, 0.1) is 0 Å². The molecule has 0 spiro atoms. The van der Waals surface area contributed by atoms with Crippen molar-refractivity contribution in [2.45, 2.75) is 12.5 Å². The minimum absolute atomic E-state index is 0.0228. The monoisotopic (exact) mass is 329 g/mol. The van der Waals surface area contributed by atoms with Gasteiger partial charge in [0.15, 0.2) is 11.5 Å². The number of rotatable bonds is 6. The lowest BCUT2D eigenvalue weighted by Crippen LogP contribution is -2.39. The average molecular weight is 329 g/mol. The average Bonchev–Trinajstić information content (AvgIpc) is 2.58. The molecule has 0 radical (unpaired) electrons. The Morgan fingerprint density at radius 2 is 2.00 bits per heavy atom. The van der Waals surface area contributed by atoms with E-state index in [1.165, 1.54) is 31.5 Å². The number of methoxy groups -OCH3 is 1. The van der Waals surface area contributed by atoms with E-state index in [4.69, 9.17) is 10.5 Å². The van der Waals surface area contributed by atoms with Crippen LogP contribution < -0.4 is 15.9 Å². The highest BCUT2D eigenvalue weighted by Gasteiger charge is 2.13. The summed E-state index contributed by atoms with van der Waals surface area (Å²) in [7, 11) is 1.44. The molecule has 0 saturated carbocycles. The molecule has 0 aliphatic carbocycles. The fourth-order valence-electron chi connectivity index (χ4n) is 2.01. The third kappa shape index (κ3) is 4.72. The molecule has 0 saturated heterocycles. The quantitative estimate of drug-likeness (QED) is 0.468. The van der Waals surface area contributed by atoms with Crippen LogP contribution in [0.1, 0.15) is 11.1 Å². The fourth-order valence-corrected chi connectivity index (χ4v) is 2.01. The SMILES string of the molecule is COc1cc(/C=N/NC(=O)[C@@H](N)Cc2ccc(O)cc2)ccc1O. The van der Waals surface area contributed by atoms with E-state index in [1.807, 2.05) is 0 Å². The van der Waals surface area contributed by atoms with Gasteiger partial charge in [0.25, 0.3) is 5.91 Å². The molecule has 0 bridgehead atoms. The number of hydrogen-bond acceptors (Lipinski definition) is 6. The number of hydrazone groups is 1. The second kappa shape index (κ2) is 7.98. The number of benzene rings is 2. The van der Waals surface area contributed by atoms with Gasteiger partial charge in [0.05, 0.1) is 19.4 Å². The predicted octanol–water partition coefficient (Wildman–Crippen LogP) is 1.13. The first-order chi connectivity index (χ1) is 11.5. The molecule has 0 fully saturated rings. The highest BCUT2D eigenvalue weighted by Crippen LogP contribution is 2.25. The molecule has 0 heterocycles. The van der Waals surface area contributed by atoms with Gasteiger partial charge in [-0.15, -0.1) is 0 Å². The summed E-state index contributed by atoms with van der Waals surface area (Å²) < 4.78 is 4.99. The van der Waals surface area contributed by atoms with Gasteiger partial charge >= 0.3 is 0 Å². The molecule has 2 aromatic carbocycles. The first-order valence-electron chi connectivity index (χ1n) is 7.23. The van der Waals surface area contributed by atoms with Gasteiger partial charge in [-0.1, -0.05) is 12.1 Å². The Balaban J connectivity index is 1.90. The number of carbonyl (C=O) groups is 1. The Hall–Kier alpha value is -3.06. The topological polar surface area (TPSA) is 117 Å². The van der Waals surface area contributed by atoms with Crippen LogP contribution in [0.5, 0.6) is 17.2 Å². The smallest absolute Gasteiger partial charge is 0.257 e. The predicted molar refractivity (Wildman–Crippen MR) is 90.2 cm³/mol. The van der Waals surface area contributed by atoms with Gasteiger partial charge in [0, 0.05) is 0 Å². The van der Waals surface area contributed by atoms with Crippen molar-refractivity contribution < 1.29 is 19.7 Å². The van der Waals surface area contributed by atoms with Gasteiger partial charge < -0.3 is 20.7 Å². The zero-order valence-electron chi connectivity index (χ0n) is 13.1. The van der Waals surface area contributed by atoms with Crippen LogP contribution in [0.25, 0.3) is 0 Å². The lowest BCUT2D eigenvalue weighted by molar-refractivity contribution is -0.122. The third-order valence-electron chi connectivity index (χ3n) is 3.32. The Labute approximate surface area is 139 Å². The van der Waals surface area contributed by atoms with Crippen LogP contribution in [0.15, 0.2) is 47.6 Å². The molecule has 1 amide bonds. The molecule has 5 N–H and O–H groups in total. The Morgan fingerprint density at radius 1 is 1.29 bits per heavy atom. The molecule has 0 aromatic heterocycles. The Bertz CT molecular complexity index is 729. The number of amides is 1. The van der Waals surface area contributed by atoms with Crippen molar-refractivity contribution in [3.8, 4) is 17.2 Å². The second-order valence-electron chi connectivity index (χ2n) is 5.14. The number of nitrogens with two attached hydrogens (primary N) is 1. The summed E-state index contributed by atoms with van der Waals surface area (Å²) in [6.07, 6.45) is 1.75. The van der Waals surface area contributed by atoms with Crippen LogP contribution in [-0.4, -0.2) is 35.5 Å². The van der Waals surface area contributed by atoms with Crippen LogP contribution in [0.4, 0.5) is 0 Å². The van der Waals surface area contributed by atoms with Crippen LogP contribution in [0.2, 0.25) is 0 Å². The van der Waals surface area contributed by atoms with Crippen LogP contribution in [-0.2, 0) is 11.2 Å². The standard InChI is InChI=1S/C17H19N3O4/c1-24-16-9-12(4-7-15(16)22)10-19-20-17(23)14(18)8-11-2-5-13(21)6-3-11/h2-7,9-10,14,21-22H,8,18H2,1H3,(H,20,23)/b19-10+/t14-/m0/s1. The zero-order chi connectivity index (χ0) is 17.5. The highest BCUT2D eigenvalue weighted by atomic mass is 16.5. The molecule has 2 rings (SSSR count). The number of ether oxygens (including phenoxy) is 1. The van der Waals surface area contributed by atoms with Crippen molar-refractivity contribution in [1.29, 1.82) is 0 Å². The normalized spacial score (nSPS) is 12.1. The molecule has 24 heavy (non-hydrogen) atoms. The molecule has 0 aliphatic heterocycles. The zero-order valence-corrected chi connectivity index (χ0v) is 13.1. The summed E-state index contributed by atoms with van der Waals surface area (Å²) in [5, 5.41) is 22.6. The van der Waals surface area contributed by atoms with E-state index in [-0.39, 0.29) is 11.5 Å². The number of aromatic hydroxyl groups is 2. The number of nitrogens with one attached hydrogen (secondary N) is 1. The number of phenols is 2. The second-order valence-corrected chi connectivity index (χ2v) is 5.14. The summed E-state index contributed by atoms with van der Waals surface area (Å²) in [6, 6.07) is 10.4. The molecular weight excluding hydrogens is 310 g/mol. The van der Waals surface area contributed by atoms with E-state index in [9.17, 15) is 15.0 Å². The van der Waals surface area contributed by atoms with Crippen LogP contribution in [0.3, 0.4) is 0 Å². The summed E-state index contributed by atoms with van der Waals surface area (Å²) >= 11 is 0. The third-order valence-corrected chi connectivity index (χ3v) is 3.32. The molecular formula is C17H19N3O4. The maximum absolute atomic E-state index is 11.9. The first-order valence-corrected chi connectivity index (χ1v) is 7.23. The van der Waals surface area contributed by atoms with Crippen molar-refractivity contribution in [3.05, 3.63) is 53.6 Å². The molecule has 0 unspecified atom stereocenters. The van der Waals surface area contributed by atoms with E-state index < -0.39 is 11.9 Å². The summed E-state index contributed by atoms with van der Waals surface area (Å²) in [6.45, 7) is 0. The van der Waals surface area contributed by atoms with E-state index >= 15 is 0 Å². The fraction of sp³-hybridized carbons (Fsp3) is 0.176. The first kappa shape index (κ1) is 17.3. The Kier molecular flexibility index (Phi) is 5.75. The van der Waals surface area contributed by atoms with E-state index in [1.54, 1.807) is 24.3 Å². The summed E-state index contributed by atoms with van der Waals surface area (Å²) in [4.78, 5) is 11.9. The maximum Gasteiger partial charge on any atom is 0.257 e. The molecule has 1 atom stereocenters. The van der Waals surface area contributed by atoms with Crippen molar-refractivity contribution in [3.63, 3.8) is 0 Å².